The molecule has 3 aromatic rings. The van der Waals surface area contributed by atoms with Crippen molar-refractivity contribution < 1.29 is 5.11 Å². The van der Waals surface area contributed by atoms with Gasteiger partial charge in [-0.25, -0.2) is 4.98 Å². The summed E-state index contributed by atoms with van der Waals surface area (Å²) in [6.45, 7) is 5.33. The second-order valence-corrected chi connectivity index (χ2v) is 5.88. The Morgan fingerprint density at radius 1 is 1.14 bits per heavy atom. The van der Waals surface area contributed by atoms with E-state index in [0.29, 0.717) is 5.92 Å². The van der Waals surface area contributed by atoms with Gasteiger partial charge >= 0.3 is 0 Å². The molecular weight excluding hydrogens is 274 g/mol. The maximum absolute atomic E-state index is 9.15. The molecule has 1 aromatic carbocycles. The van der Waals surface area contributed by atoms with Crippen LogP contribution in [0.3, 0.4) is 0 Å². The third kappa shape index (κ3) is 2.83. The molecule has 0 spiro atoms. The molecule has 0 atom stereocenters. The molecular formula is C18H21N3O. The molecule has 4 heteroatoms. The molecule has 0 aliphatic carbocycles. The Balaban J connectivity index is 1.99. The Labute approximate surface area is 130 Å². The zero-order valence-electron chi connectivity index (χ0n) is 13.0. The van der Waals surface area contributed by atoms with Crippen molar-refractivity contribution in [1.29, 1.82) is 0 Å². The maximum Gasteiger partial charge on any atom is 0.150 e. The third-order valence-corrected chi connectivity index (χ3v) is 3.69. The van der Waals surface area contributed by atoms with Crippen LogP contribution in [0, 0.1) is 5.92 Å². The highest BCUT2D eigenvalue weighted by atomic mass is 16.3. The smallest absolute Gasteiger partial charge is 0.150 e. The SMILES string of the molecule is CC(C)CNc1nccn2c(-c3ccc(CO)cc3)ccc12. The normalized spacial score (nSPS) is 11.3. The number of benzene rings is 1. The predicted molar refractivity (Wildman–Crippen MR) is 89.9 cm³/mol. The van der Waals surface area contributed by atoms with Crippen LogP contribution in [0.4, 0.5) is 5.82 Å². The average molecular weight is 295 g/mol. The van der Waals surface area contributed by atoms with Gasteiger partial charge in [0.1, 0.15) is 5.82 Å². The molecule has 0 saturated heterocycles. The molecule has 4 nitrogen and oxygen atoms in total. The van der Waals surface area contributed by atoms with Gasteiger partial charge in [0.25, 0.3) is 0 Å². The summed E-state index contributed by atoms with van der Waals surface area (Å²) in [6, 6.07) is 12.2. The van der Waals surface area contributed by atoms with Crippen LogP contribution < -0.4 is 5.32 Å². The van der Waals surface area contributed by atoms with E-state index in [4.69, 9.17) is 5.11 Å². The van der Waals surface area contributed by atoms with E-state index in [0.717, 1.165) is 34.7 Å². The van der Waals surface area contributed by atoms with E-state index < -0.39 is 0 Å². The summed E-state index contributed by atoms with van der Waals surface area (Å²) in [5.41, 5.74) is 4.24. The number of hydrogen-bond donors (Lipinski definition) is 2. The number of aliphatic hydroxyl groups excluding tert-OH is 1. The molecule has 22 heavy (non-hydrogen) atoms. The molecule has 0 saturated carbocycles. The van der Waals surface area contributed by atoms with Gasteiger partial charge in [-0.3, -0.25) is 0 Å². The molecule has 0 aliphatic rings. The maximum atomic E-state index is 9.15. The monoisotopic (exact) mass is 295 g/mol. The van der Waals surface area contributed by atoms with Gasteiger partial charge in [0.15, 0.2) is 0 Å². The first-order valence-corrected chi connectivity index (χ1v) is 7.59. The summed E-state index contributed by atoms with van der Waals surface area (Å²) < 4.78 is 2.14. The van der Waals surface area contributed by atoms with E-state index in [1.807, 2.05) is 36.7 Å². The van der Waals surface area contributed by atoms with Gasteiger partial charge in [-0.05, 0) is 29.2 Å². The topological polar surface area (TPSA) is 49.6 Å². The lowest BCUT2D eigenvalue weighted by Gasteiger charge is -2.10. The fourth-order valence-electron chi connectivity index (χ4n) is 2.50. The number of aromatic nitrogens is 2. The standard InChI is InChI=1S/C18H21N3O/c1-13(2)11-20-18-17-8-7-16(21(17)10-9-19-18)15-5-3-14(12-22)4-6-15/h3-10,13,22H,11-12H2,1-2H3,(H,19,20). The zero-order valence-corrected chi connectivity index (χ0v) is 13.0. The van der Waals surface area contributed by atoms with Crippen LogP contribution in [0.25, 0.3) is 16.8 Å². The third-order valence-electron chi connectivity index (χ3n) is 3.69. The Morgan fingerprint density at radius 3 is 2.59 bits per heavy atom. The van der Waals surface area contributed by atoms with Crippen molar-refractivity contribution in [2.75, 3.05) is 11.9 Å². The van der Waals surface area contributed by atoms with Gasteiger partial charge in [0, 0.05) is 18.9 Å². The van der Waals surface area contributed by atoms with Crippen LogP contribution in [-0.4, -0.2) is 21.0 Å². The summed E-state index contributed by atoms with van der Waals surface area (Å²) in [5.74, 6) is 1.48. The second kappa shape index (κ2) is 6.20. The summed E-state index contributed by atoms with van der Waals surface area (Å²) in [4.78, 5) is 4.45. The Hall–Kier alpha value is -2.33. The minimum absolute atomic E-state index is 0.0718. The molecule has 0 fully saturated rings. The molecule has 2 aromatic heterocycles. The van der Waals surface area contributed by atoms with Crippen LogP contribution in [0.1, 0.15) is 19.4 Å². The quantitative estimate of drug-likeness (QED) is 0.756. The minimum atomic E-state index is 0.0718. The average Bonchev–Trinajstić information content (AvgIpc) is 2.97. The summed E-state index contributed by atoms with van der Waals surface area (Å²) >= 11 is 0. The molecule has 0 radical (unpaired) electrons. The number of nitrogens with zero attached hydrogens (tertiary/aromatic N) is 2. The first-order chi connectivity index (χ1) is 10.7. The van der Waals surface area contributed by atoms with Crippen molar-refractivity contribution in [3.8, 4) is 11.3 Å². The van der Waals surface area contributed by atoms with Gasteiger partial charge in [-0.2, -0.15) is 0 Å². The van der Waals surface area contributed by atoms with Crippen LogP contribution in [-0.2, 0) is 6.61 Å². The van der Waals surface area contributed by atoms with Crippen molar-refractivity contribution in [3.63, 3.8) is 0 Å². The summed E-state index contributed by atoms with van der Waals surface area (Å²) in [7, 11) is 0. The number of fused-ring (bicyclic) bond motifs is 1. The Morgan fingerprint density at radius 2 is 1.91 bits per heavy atom. The van der Waals surface area contributed by atoms with Crippen LogP contribution >= 0.6 is 0 Å². The lowest BCUT2D eigenvalue weighted by Crippen LogP contribution is -2.10. The highest BCUT2D eigenvalue weighted by Gasteiger charge is 2.08. The highest BCUT2D eigenvalue weighted by Crippen LogP contribution is 2.26. The Kier molecular flexibility index (Phi) is 4.11. The fraction of sp³-hybridized carbons (Fsp3) is 0.278. The van der Waals surface area contributed by atoms with E-state index in [2.05, 4.69) is 40.7 Å². The van der Waals surface area contributed by atoms with Gasteiger partial charge in [-0.15, -0.1) is 0 Å². The summed E-state index contributed by atoms with van der Waals surface area (Å²) in [6.07, 6.45) is 3.80. The number of hydrogen-bond acceptors (Lipinski definition) is 3. The fourth-order valence-corrected chi connectivity index (χ4v) is 2.50. The second-order valence-electron chi connectivity index (χ2n) is 5.88. The largest absolute Gasteiger partial charge is 0.392 e. The van der Waals surface area contributed by atoms with Gasteiger partial charge in [0.2, 0.25) is 0 Å². The number of anilines is 1. The van der Waals surface area contributed by atoms with Crippen LogP contribution in [0.15, 0.2) is 48.8 Å². The van der Waals surface area contributed by atoms with E-state index in [-0.39, 0.29) is 6.61 Å². The first-order valence-electron chi connectivity index (χ1n) is 7.59. The predicted octanol–water partition coefficient (Wildman–Crippen LogP) is 3.56. The van der Waals surface area contributed by atoms with Crippen molar-refractivity contribution in [3.05, 3.63) is 54.4 Å². The lowest BCUT2D eigenvalue weighted by molar-refractivity contribution is 0.282. The van der Waals surface area contributed by atoms with Crippen molar-refractivity contribution >= 4 is 11.3 Å². The summed E-state index contributed by atoms with van der Waals surface area (Å²) in [5, 5.41) is 12.6. The van der Waals surface area contributed by atoms with Crippen molar-refractivity contribution in [1.82, 2.24) is 9.38 Å². The highest BCUT2D eigenvalue weighted by molar-refractivity contribution is 5.75. The molecule has 2 N–H and O–H groups in total. The van der Waals surface area contributed by atoms with Crippen molar-refractivity contribution in [2.45, 2.75) is 20.5 Å². The lowest BCUT2D eigenvalue weighted by atomic mass is 10.1. The number of nitrogens with one attached hydrogen (secondary N) is 1. The van der Waals surface area contributed by atoms with Crippen molar-refractivity contribution in [2.24, 2.45) is 5.92 Å². The van der Waals surface area contributed by atoms with E-state index in [1.165, 1.54) is 0 Å². The molecule has 3 rings (SSSR count). The van der Waals surface area contributed by atoms with Crippen LogP contribution in [0.2, 0.25) is 0 Å². The number of aliphatic hydroxyl groups is 1. The minimum Gasteiger partial charge on any atom is -0.392 e. The van der Waals surface area contributed by atoms with E-state index in [1.54, 1.807) is 0 Å². The van der Waals surface area contributed by atoms with Gasteiger partial charge in [-0.1, -0.05) is 38.1 Å². The van der Waals surface area contributed by atoms with Gasteiger partial charge in [0.05, 0.1) is 17.8 Å². The molecule has 0 unspecified atom stereocenters. The Bertz CT molecular complexity index is 760. The van der Waals surface area contributed by atoms with E-state index in [9.17, 15) is 0 Å². The molecule has 0 amide bonds. The molecule has 0 aliphatic heterocycles. The van der Waals surface area contributed by atoms with E-state index >= 15 is 0 Å². The number of rotatable bonds is 5. The molecule has 2 heterocycles. The zero-order chi connectivity index (χ0) is 15.5. The molecule has 0 bridgehead atoms. The van der Waals surface area contributed by atoms with Crippen LogP contribution in [0.5, 0.6) is 0 Å². The first kappa shape index (κ1) is 14.6. The molecule has 114 valence electrons. The van der Waals surface area contributed by atoms with Gasteiger partial charge < -0.3 is 14.8 Å².